The van der Waals surface area contributed by atoms with Crippen molar-refractivity contribution in [3.05, 3.63) is 76.1 Å². The normalized spacial score (nSPS) is 18.6. The van der Waals surface area contributed by atoms with Crippen LogP contribution in [-0.4, -0.2) is 52.9 Å². The number of ether oxygens (including phenoxy) is 1. The fourth-order valence-corrected chi connectivity index (χ4v) is 4.60. The molecule has 1 heterocycles. The Hall–Kier alpha value is -2.75. The lowest BCUT2D eigenvalue weighted by Gasteiger charge is -2.28. The summed E-state index contributed by atoms with van der Waals surface area (Å²) in [7, 11) is 0. The van der Waals surface area contributed by atoms with Crippen molar-refractivity contribution in [3.63, 3.8) is 0 Å². The number of benzene rings is 2. The minimum atomic E-state index is -4.67. The molecular weight excluding hydrogens is 478 g/mol. The molecular formula is C27H31F4NO4. The van der Waals surface area contributed by atoms with E-state index in [-0.39, 0.29) is 29.6 Å². The molecule has 0 spiro atoms. The van der Waals surface area contributed by atoms with Gasteiger partial charge in [-0.3, -0.25) is 4.90 Å². The second-order valence-electron chi connectivity index (χ2n) is 9.19. The summed E-state index contributed by atoms with van der Waals surface area (Å²) in [5.41, 5.74) is 0.419. The van der Waals surface area contributed by atoms with E-state index in [1.165, 1.54) is 12.1 Å². The summed E-state index contributed by atoms with van der Waals surface area (Å²) in [6.07, 6.45) is -2.27. The zero-order valence-corrected chi connectivity index (χ0v) is 20.3. The number of aliphatic hydroxyl groups excluding tert-OH is 1. The number of aryl methyl sites for hydroxylation is 1. The van der Waals surface area contributed by atoms with Crippen LogP contribution in [0, 0.1) is 12.7 Å². The van der Waals surface area contributed by atoms with Crippen molar-refractivity contribution in [1.82, 2.24) is 4.90 Å². The van der Waals surface area contributed by atoms with Gasteiger partial charge in [-0.1, -0.05) is 24.3 Å². The number of aliphatic carboxylic acids is 1. The molecule has 2 aromatic rings. The molecule has 5 nitrogen and oxygen atoms in total. The summed E-state index contributed by atoms with van der Waals surface area (Å²) in [4.78, 5) is 13.0. The molecule has 1 fully saturated rings. The molecule has 1 aliphatic heterocycles. The number of β-amino-alcohol motifs (C(OH)–C–C–N with tert-alkyl or cyclic N) is 1. The Morgan fingerprint density at radius 1 is 1.28 bits per heavy atom. The number of alkyl halides is 3. The molecule has 0 bridgehead atoms. The van der Waals surface area contributed by atoms with Gasteiger partial charge >= 0.3 is 12.1 Å². The topological polar surface area (TPSA) is 70.0 Å². The van der Waals surface area contributed by atoms with E-state index < -0.39 is 29.9 Å². The second kappa shape index (κ2) is 12.0. The highest BCUT2D eigenvalue weighted by Crippen LogP contribution is 2.36. The van der Waals surface area contributed by atoms with Crippen LogP contribution in [-0.2, 0) is 22.1 Å². The highest BCUT2D eigenvalue weighted by molar-refractivity contribution is 5.86. The van der Waals surface area contributed by atoms with E-state index in [0.717, 1.165) is 37.1 Å². The van der Waals surface area contributed by atoms with Gasteiger partial charge in [-0.2, -0.15) is 13.2 Å². The van der Waals surface area contributed by atoms with Crippen LogP contribution in [0.4, 0.5) is 17.6 Å². The minimum absolute atomic E-state index is 0.109. The Morgan fingerprint density at radius 2 is 2.03 bits per heavy atom. The highest BCUT2D eigenvalue weighted by atomic mass is 19.4. The van der Waals surface area contributed by atoms with E-state index in [2.05, 4.69) is 4.90 Å². The van der Waals surface area contributed by atoms with Crippen molar-refractivity contribution in [3.8, 4) is 0 Å². The average molecular weight is 510 g/mol. The Morgan fingerprint density at radius 3 is 2.69 bits per heavy atom. The molecule has 0 aliphatic carbocycles. The van der Waals surface area contributed by atoms with Crippen LogP contribution in [0.15, 0.2) is 42.5 Å². The number of aliphatic hydroxyl groups is 1. The van der Waals surface area contributed by atoms with Crippen LogP contribution in [0.2, 0.25) is 0 Å². The third-order valence-corrected chi connectivity index (χ3v) is 6.47. The zero-order valence-electron chi connectivity index (χ0n) is 20.3. The highest BCUT2D eigenvalue weighted by Gasteiger charge is 2.34. The van der Waals surface area contributed by atoms with Crippen LogP contribution < -0.4 is 0 Å². The predicted octanol–water partition coefficient (Wildman–Crippen LogP) is 5.40. The molecule has 9 heteroatoms. The predicted molar refractivity (Wildman–Crippen MR) is 128 cm³/mol. The molecule has 0 saturated carbocycles. The Labute approximate surface area is 208 Å². The van der Waals surface area contributed by atoms with Crippen molar-refractivity contribution in [2.24, 2.45) is 0 Å². The van der Waals surface area contributed by atoms with E-state index in [0.29, 0.717) is 24.6 Å². The molecule has 3 rings (SSSR count). The molecule has 0 unspecified atom stereocenters. The number of hydrogen-bond acceptors (Lipinski definition) is 4. The van der Waals surface area contributed by atoms with Gasteiger partial charge < -0.3 is 14.9 Å². The van der Waals surface area contributed by atoms with E-state index in [1.54, 1.807) is 26.0 Å². The van der Waals surface area contributed by atoms with Crippen LogP contribution in [0.5, 0.6) is 0 Å². The van der Waals surface area contributed by atoms with Gasteiger partial charge in [0.2, 0.25) is 0 Å². The Bertz CT molecular complexity index is 1090. The monoisotopic (exact) mass is 509 g/mol. The third kappa shape index (κ3) is 7.38. The zero-order chi connectivity index (χ0) is 26.5. The summed E-state index contributed by atoms with van der Waals surface area (Å²) in [6.45, 7) is 4.26. The number of hydrogen-bond donors (Lipinski definition) is 2. The molecule has 0 aromatic heterocycles. The second-order valence-corrected chi connectivity index (χ2v) is 9.19. The van der Waals surface area contributed by atoms with Gasteiger partial charge in [0.1, 0.15) is 5.82 Å². The first kappa shape index (κ1) is 27.8. The quantitative estimate of drug-likeness (QED) is 0.332. The summed E-state index contributed by atoms with van der Waals surface area (Å²) >= 11 is 0. The first-order valence-electron chi connectivity index (χ1n) is 11.9. The summed E-state index contributed by atoms with van der Waals surface area (Å²) in [6, 6.07) is 8.93. The Kier molecular flexibility index (Phi) is 9.27. The van der Waals surface area contributed by atoms with Gasteiger partial charge in [0.15, 0.2) is 0 Å². The maximum absolute atomic E-state index is 13.9. The summed E-state index contributed by atoms with van der Waals surface area (Å²) < 4.78 is 60.2. The van der Waals surface area contributed by atoms with Crippen molar-refractivity contribution in [1.29, 1.82) is 0 Å². The van der Waals surface area contributed by atoms with Gasteiger partial charge in [-0.05, 0) is 80.1 Å². The van der Waals surface area contributed by atoms with Crippen LogP contribution in [0.25, 0.3) is 6.08 Å². The first-order valence-corrected chi connectivity index (χ1v) is 11.9. The molecule has 1 saturated heterocycles. The SMILES string of the molecule is Cc1ccc(C[C@@H]2CCCN2C[C@@H](O)CO[C@H](C)c2cccc(C(F)(F)F)c2/C=C/C(=O)O)cc1F. The standard InChI is InChI=1S/C27H31F4NO4/c1-17-8-9-19(14-25(17)28)13-20-5-4-12-32(20)15-21(33)16-36-18(2)22-6-3-7-24(27(29,30)31)23(22)10-11-26(34)35/h3,6-11,14,18,20-21,33H,4-5,12-13,15-16H2,1-2H3,(H,34,35)/b11-10+/t18-,20+,21-/m1/s1. The largest absolute Gasteiger partial charge is 0.478 e. The minimum Gasteiger partial charge on any atom is -0.478 e. The van der Waals surface area contributed by atoms with Crippen molar-refractivity contribution < 1.29 is 37.3 Å². The third-order valence-electron chi connectivity index (χ3n) is 6.47. The number of nitrogens with zero attached hydrogens (tertiary/aromatic N) is 1. The molecule has 36 heavy (non-hydrogen) atoms. The lowest BCUT2D eigenvalue weighted by molar-refractivity contribution is -0.138. The van der Waals surface area contributed by atoms with E-state index in [1.807, 2.05) is 6.07 Å². The van der Waals surface area contributed by atoms with E-state index >= 15 is 0 Å². The maximum Gasteiger partial charge on any atom is 0.416 e. The molecule has 0 amide bonds. The summed E-state index contributed by atoms with van der Waals surface area (Å²) in [5, 5.41) is 19.5. The van der Waals surface area contributed by atoms with Crippen molar-refractivity contribution in [2.75, 3.05) is 19.7 Å². The van der Waals surface area contributed by atoms with Crippen LogP contribution in [0.3, 0.4) is 0 Å². The smallest absolute Gasteiger partial charge is 0.416 e. The number of carboxylic acids is 1. The fourth-order valence-electron chi connectivity index (χ4n) is 4.60. The number of carbonyl (C=O) groups is 1. The Balaban J connectivity index is 1.64. The van der Waals surface area contributed by atoms with E-state index in [9.17, 15) is 27.5 Å². The molecule has 196 valence electrons. The van der Waals surface area contributed by atoms with Crippen LogP contribution in [0.1, 0.15) is 53.7 Å². The van der Waals surface area contributed by atoms with Gasteiger partial charge in [-0.25, -0.2) is 9.18 Å². The number of carboxylic acid groups (broad SMARTS) is 1. The molecule has 0 radical (unpaired) electrons. The van der Waals surface area contributed by atoms with Gasteiger partial charge in [0, 0.05) is 18.7 Å². The number of likely N-dealkylation sites (tertiary alicyclic amines) is 1. The molecule has 1 aliphatic rings. The summed E-state index contributed by atoms with van der Waals surface area (Å²) in [5.74, 6) is -1.61. The first-order chi connectivity index (χ1) is 17.0. The van der Waals surface area contributed by atoms with Gasteiger partial charge in [0.05, 0.1) is 24.4 Å². The maximum atomic E-state index is 13.9. The fraction of sp³-hybridized carbons (Fsp3) is 0.444. The molecule has 2 N–H and O–H groups in total. The van der Waals surface area contributed by atoms with Crippen molar-refractivity contribution >= 4 is 12.0 Å². The van der Waals surface area contributed by atoms with E-state index in [4.69, 9.17) is 9.84 Å². The number of halogens is 4. The van der Waals surface area contributed by atoms with Gasteiger partial charge in [-0.15, -0.1) is 0 Å². The molecule has 2 aromatic carbocycles. The average Bonchev–Trinajstić information content (AvgIpc) is 3.23. The van der Waals surface area contributed by atoms with Crippen LogP contribution >= 0.6 is 0 Å². The van der Waals surface area contributed by atoms with Gasteiger partial charge in [0.25, 0.3) is 0 Å². The number of rotatable bonds is 10. The lowest BCUT2D eigenvalue weighted by Crippen LogP contribution is -2.39. The van der Waals surface area contributed by atoms with Crippen molar-refractivity contribution in [2.45, 2.75) is 57.5 Å². The lowest BCUT2D eigenvalue weighted by atomic mass is 9.96. The molecule has 3 atom stereocenters.